The lowest BCUT2D eigenvalue weighted by molar-refractivity contribution is -0.133. The maximum atomic E-state index is 14.5. The number of aliphatic hydroxyl groups excluding tert-OH is 1. The number of aryl methyl sites for hydroxylation is 2. The average Bonchev–Trinajstić information content (AvgIpc) is 0.853. The van der Waals surface area contributed by atoms with E-state index in [2.05, 4.69) is 55.6 Å². The van der Waals surface area contributed by atoms with E-state index in [0.717, 1.165) is 99.6 Å². The standard InChI is InChI=1S/C41H50N6O6S.C36H42N6O4S.C2H6O/c1-7-18-45-24-28(29-13-8-9-14-32(29)45)22-30(43-38(51)41(5,6)44-39(52)53-40(2,3)4)36(49)42-31-21-27-12-10-15-33(46-19-11-16-34(46)48)35(27)47(37(31)50)23-26-17-20-54-25-26;1-4-15-40-21-25(26-10-5-6-11-29(26)40)19-27(39-35(46)36(2,3)37)33(44)38-28-18-24-9-7-12-30(41-16-8-13-31(41)43)32(24)42(34(28)45)20-23-14-17-47-22-23;1-2-3/h8-10,12-15,17,20,24-25,30-31H,7,11,16,18-19,21-23H2,1-6H3,(H,42,49)(H,43,51)(H,44,52);5-7,9-12,14,17,21-22,27-28H,4,8,13,15-16,18-20,37H2,1-3H3,(H,38,44)(H,39,46);3H,2H2,1H3/t30-,31?;27-,28?;/m11./s1. The van der Waals surface area contributed by atoms with Crippen LogP contribution in [0.3, 0.4) is 0 Å². The fourth-order valence-corrected chi connectivity index (χ4v) is 15.1. The Labute approximate surface area is 615 Å². The van der Waals surface area contributed by atoms with E-state index in [1.807, 2.05) is 125 Å². The molecule has 0 saturated carbocycles. The monoisotopic (exact) mass is 1450 g/mol. The van der Waals surface area contributed by atoms with Gasteiger partial charge in [0.05, 0.1) is 41.4 Å². The number of hydrogen-bond acceptors (Lipinski definition) is 14. The highest BCUT2D eigenvalue weighted by Crippen LogP contribution is 2.42. The highest BCUT2D eigenvalue weighted by Gasteiger charge is 2.43. The third-order valence-electron chi connectivity index (χ3n) is 18.6. The lowest BCUT2D eigenvalue weighted by Gasteiger charge is -2.37. The number of fused-ring (bicyclic) bond motifs is 4. The van der Waals surface area contributed by atoms with Crippen LogP contribution in [0.4, 0.5) is 27.5 Å². The van der Waals surface area contributed by atoms with Crippen LogP contribution in [-0.2, 0) is 95.0 Å². The maximum Gasteiger partial charge on any atom is 0.408 e. The molecule has 8 aromatic rings. The smallest absolute Gasteiger partial charge is 0.408 e. The quantitative estimate of drug-likeness (QED) is 0.0315. The van der Waals surface area contributed by atoms with Crippen molar-refractivity contribution in [1.29, 1.82) is 0 Å². The number of hydrogen-bond donors (Lipinski definition) is 7. The number of benzene rings is 4. The van der Waals surface area contributed by atoms with Crippen molar-refractivity contribution < 1.29 is 53.0 Å². The van der Waals surface area contributed by atoms with Crippen LogP contribution >= 0.6 is 22.7 Å². The number of nitrogens with two attached hydrogens (primary N) is 1. The third-order valence-corrected chi connectivity index (χ3v) is 20.1. The van der Waals surface area contributed by atoms with Gasteiger partial charge in [-0.3, -0.25) is 38.4 Å². The van der Waals surface area contributed by atoms with E-state index in [1.165, 1.54) is 11.3 Å². The predicted octanol–water partition coefficient (Wildman–Crippen LogP) is 10.1. The fourth-order valence-electron chi connectivity index (χ4n) is 13.8. The number of carbonyl (C=O) groups excluding carboxylic acids is 9. The van der Waals surface area contributed by atoms with Crippen LogP contribution in [0, 0.1) is 0 Å². The number of rotatable bonds is 23. The third kappa shape index (κ3) is 18.1. The number of anilines is 4. The Kier molecular flexibility index (Phi) is 24.7. The Morgan fingerprint density at radius 2 is 1.01 bits per heavy atom. The van der Waals surface area contributed by atoms with Crippen molar-refractivity contribution >= 4 is 121 Å². The maximum absolute atomic E-state index is 14.5. The van der Waals surface area contributed by atoms with Gasteiger partial charge in [-0.25, -0.2) is 4.79 Å². The molecule has 12 rings (SSSR count). The molecule has 2 unspecified atom stereocenters. The Morgan fingerprint density at radius 1 is 0.587 bits per heavy atom. The van der Waals surface area contributed by atoms with Crippen molar-refractivity contribution in [2.45, 2.75) is 200 Å². The van der Waals surface area contributed by atoms with E-state index in [-0.39, 0.29) is 62.5 Å². The average molecular weight is 1460 g/mol. The van der Waals surface area contributed by atoms with Gasteiger partial charge in [-0.05, 0) is 172 Å². The number of nitrogens with zero attached hydrogens (tertiary/aromatic N) is 6. The number of carbonyl (C=O) groups is 9. The Balaban J connectivity index is 0.000000217. The molecule has 104 heavy (non-hydrogen) atoms. The van der Waals surface area contributed by atoms with Crippen LogP contribution in [0.25, 0.3) is 21.8 Å². The molecule has 0 aliphatic carbocycles. The number of aromatic nitrogens is 2. The van der Waals surface area contributed by atoms with Crippen LogP contribution in [-0.4, -0.2) is 128 Å². The SMILES string of the molecule is CCCn1cc(C[C@@H](NC(=O)C(C)(C)N)C(=O)NC2Cc3cccc(N4CCCC4=O)c3N(Cc3ccsc3)C2=O)c2ccccc21.CCCn1cc(C[C@@H](NC(=O)C(C)(C)NC(=O)OC(C)(C)C)C(=O)NC2Cc3cccc(N4CCCC4=O)c3N(Cc3ccsc3)C2=O)c2ccccc21.CCO. The Bertz CT molecular complexity index is 4430. The predicted molar refractivity (Wildman–Crippen MR) is 409 cm³/mol. The van der Waals surface area contributed by atoms with E-state index >= 15 is 0 Å². The molecule has 25 heteroatoms. The summed E-state index contributed by atoms with van der Waals surface area (Å²) < 4.78 is 9.71. The molecule has 4 aliphatic rings. The molecule has 2 fully saturated rings. The van der Waals surface area contributed by atoms with Crippen LogP contribution in [0.2, 0.25) is 0 Å². The Hall–Kier alpha value is -9.69. The zero-order chi connectivity index (χ0) is 74.8. The summed E-state index contributed by atoms with van der Waals surface area (Å²) >= 11 is 3.07. The molecular formula is C79H98N12O11S2. The summed E-state index contributed by atoms with van der Waals surface area (Å²) in [6.07, 6.45) is 8.40. The summed E-state index contributed by atoms with van der Waals surface area (Å²) in [6, 6.07) is 27.4. The zero-order valence-electron chi connectivity index (χ0n) is 61.1. The van der Waals surface area contributed by atoms with Gasteiger partial charge in [-0.1, -0.05) is 74.5 Å². The molecule has 2 saturated heterocycles. The summed E-state index contributed by atoms with van der Waals surface area (Å²) in [5.74, 6) is -2.56. The first-order chi connectivity index (χ1) is 49.6. The van der Waals surface area contributed by atoms with Gasteiger partial charge >= 0.3 is 6.09 Å². The fraction of sp³-hybridized carbons (Fsp3) is 0.430. The highest BCUT2D eigenvalue weighted by molar-refractivity contribution is 7.08. The van der Waals surface area contributed by atoms with Gasteiger partial charge < -0.3 is 70.9 Å². The van der Waals surface area contributed by atoms with E-state index in [0.29, 0.717) is 49.5 Å². The first-order valence-corrected chi connectivity index (χ1v) is 37.8. The minimum absolute atomic E-state index is 0.0183. The van der Waals surface area contributed by atoms with Crippen LogP contribution < -0.4 is 51.9 Å². The second-order valence-electron chi connectivity index (χ2n) is 29.0. The molecule has 0 radical (unpaired) electrons. The Morgan fingerprint density at radius 3 is 1.38 bits per heavy atom. The summed E-state index contributed by atoms with van der Waals surface area (Å²) in [5.41, 5.74) is 12.9. The minimum atomic E-state index is -1.45. The lowest BCUT2D eigenvalue weighted by atomic mass is 9.94. The molecular weight excluding hydrogens is 1360 g/mol. The number of nitrogens with one attached hydrogen (secondary N) is 5. The first kappa shape index (κ1) is 76.9. The number of para-hydroxylation sites is 4. The summed E-state index contributed by atoms with van der Waals surface area (Å²) in [5, 5.41) is 31.8. The van der Waals surface area contributed by atoms with Gasteiger partial charge in [0.25, 0.3) is 0 Å². The van der Waals surface area contributed by atoms with Crippen LogP contribution in [0.15, 0.2) is 131 Å². The van der Waals surface area contributed by atoms with Gasteiger partial charge in [-0.2, -0.15) is 22.7 Å². The highest BCUT2D eigenvalue weighted by atomic mass is 32.1. The topological polar surface area (TPSA) is 292 Å². The van der Waals surface area contributed by atoms with Crippen molar-refractivity contribution in [3.05, 3.63) is 164 Å². The van der Waals surface area contributed by atoms with Crippen molar-refractivity contribution in [3.63, 3.8) is 0 Å². The van der Waals surface area contributed by atoms with Crippen molar-refractivity contribution in [1.82, 2.24) is 35.7 Å². The van der Waals surface area contributed by atoms with Gasteiger partial charge in [0.2, 0.25) is 47.3 Å². The number of ether oxygens (including phenoxy) is 1. The van der Waals surface area contributed by atoms with Crippen LogP contribution in [0.5, 0.6) is 0 Å². The number of alkyl carbamates (subject to hydrolysis) is 1. The summed E-state index contributed by atoms with van der Waals surface area (Å²) in [4.78, 5) is 130. The molecule has 23 nitrogen and oxygen atoms in total. The van der Waals surface area contributed by atoms with Gasteiger partial charge in [0.15, 0.2) is 0 Å². The molecule has 4 aromatic carbocycles. The van der Waals surface area contributed by atoms with Gasteiger partial charge in [0.1, 0.15) is 35.3 Å². The molecule has 4 atom stereocenters. The van der Waals surface area contributed by atoms with Crippen LogP contribution in [0.1, 0.15) is 141 Å². The van der Waals surface area contributed by atoms with Crippen molar-refractivity contribution in [2.75, 3.05) is 39.3 Å². The molecule has 8 N–H and O–H groups in total. The van der Waals surface area contributed by atoms with Gasteiger partial charge in [-0.15, -0.1) is 0 Å². The number of thiophene rings is 2. The zero-order valence-corrected chi connectivity index (χ0v) is 62.8. The molecule has 552 valence electrons. The second-order valence-corrected chi connectivity index (χ2v) is 30.6. The van der Waals surface area contributed by atoms with Gasteiger partial charge in [0, 0.05) is 106 Å². The van der Waals surface area contributed by atoms with Crippen molar-refractivity contribution in [2.24, 2.45) is 5.73 Å². The van der Waals surface area contributed by atoms with E-state index in [1.54, 1.807) is 86.3 Å². The molecule has 4 aromatic heterocycles. The molecule has 4 aliphatic heterocycles. The number of amides is 9. The molecule has 0 bridgehead atoms. The largest absolute Gasteiger partial charge is 0.444 e. The molecule has 9 amide bonds. The number of aliphatic hydroxyl groups is 1. The lowest BCUT2D eigenvalue weighted by Crippen LogP contribution is -2.61. The first-order valence-electron chi connectivity index (χ1n) is 35.9. The molecule has 0 spiro atoms. The van der Waals surface area contributed by atoms with Crippen molar-refractivity contribution in [3.8, 4) is 0 Å². The minimum Gasteiger partial charge on any atom is -0.444 e. The van der Waals surface area contributed by atoms with E-state index in [4.69, 9.17) is 15.6 Å². The normalized spacial score (nSPS) is 16.6. The summed E-state index contributed by atoms with van der Waals surface area (Å²) in [7, 11) is 0. The summed E-state index contributed by atoms with van der Waals surface area (Å²) in [6.45, 7) is 20.9. The van der Waals surface area contributed by atoms with E-state index in [9.17, 15) is 43.2 Å². The second kappa shape index (κ2) is 33.4. The van der Waals surface area contributed by atoms with E-state index < -0.39 is 70.6 Å². The molecule has 8 heterocycles.